The summed E-state index contributed by atoms with van der Waals surface area (Å²) < 4.78 is 19.5. The number of carbonyl (C=O) groups is 1. The minimum atomic E-state index is -1.30. The van der Waals surface area contributed by atoms with Gasteiger partial charge in [-0.05, 0) is 43.2 Å². The maximum atomic E-state index is 14.0. The normalized spacial score (nSPS) is 10.5. The molecule has 2 aromatic rings. The number of carboxylic acid groups (broad SMARTS) is 1. The van der Waals surface area contributed by atoms with Gasteiger partial charge in [-0.15, -0.1) is 0 Å². The van der Waals surface area contributed by atoms with Crippen molar-refractivity contribution in [1.29, 1.82) is 0 Å². The zero-order valence-electron chi connectivity index (χ0n) is 11.6. The van der Waals surface area contributed by atoms with Gasteiger partial charge in [0.25, 0.3) is 0 Å². The van der Waals surface area contributed by atoms with Crippen molar-refractivity contribution < 1.29 is 19.0 Å². The monoisotopic (exact) mass is 308 g/mol. The predicted octanol–water partition coefficient (Wildman–Crippen LogP) is 4.37. The second-order valence-corrected chi connectivity index (χ2v) is 5.12. The van der Waals surface area contributed by atoms with Gasteiger partial charge in [0.2, 0.25) is 0 Å². The number of aromatic carboxylic acids is 1. The molecule has 0 aliphatic heterocycles. The lowest BCUT2D eigenvalue weighted by Crippen LogP contribution is -2.06. The van der Waals surface area contributed by atoms with Gasteiger partial charge in [0.05, 0.1) is 5.56 Å². The average Bonchev–Trinajstić information content (AvgIpc) is 2.43. The summed E-state index contributed by atoms with van der Waals surface area (Å²) in [5.41, 5.74) is 1.57. The van der Waals surface area contributed by atoms with Crippen LogP contribution in [0.1, 0.15) is 27.0 Å². The van der Waals surface area contributed by atoms with Crippen LogP contribution < -0.4 is 4.74 Å². The van der Waals surface area contributed by atoms with Crippen molar-refractivity contribution in [1.82, 2.24) is 0 Å². The molecule has 2 rings (SSSR count). The molecular weight excluding hydrogens is 295 g/mol. The van der Waals surface area contributed by atoms with Crippen LogP contribution in [0.4, 0.5) is 4.39 Å². The van der Waals surface area contributed by atoms with Gasteiger partial charge in [-0.2, -0.15) is 0 Å². The highest BCUT2D eigenvalue weighted by Gasteiger charge is 2.14. The van der Waals surface area contributed by atoms with E-state index in [1.807, 2.05) is 13.8 Å². The van der Waals surface area contributed by atoms with E-state index in [9.17, 15) is 9.18 Å². The van der Waals surface area contributed by atoms with Crippen molar-refractivity contribution in [3.8, 4) is 5.75 Å². The zero-order chi connectivity index (χ0) is 15.6. The van der Waals surface area contributed by atoms with Crippen LogP contribution in [0, 0.1) is 19.7 Å². The first-order valence-corrected chi connectivity index (χ1v) is 6.68. The van der Waals surface area contributed by atoms with Gasteiger partial charge >= 0.3 is 5.97 Å². The van der Waals surface area contributed by atoms with Gasteiger partial charge in [-0.25, -0.2) is 9.18 Å². The van der Waals surface area contributed by atoms with Gasteiger partial charge in [-0.1, -0.05) is 23.7 Å². The lowest BCUT2D eigenvalue weighted by molar-refractivity contribution is 0.0691. The van der Waals surface area contributed by atoms with Crippen molar-refractivity contribution in [3.63, 3.8) is 0 Å². The molecule has 21 heavy (non-hydrogen) atoms. The van der Waals surface area contributed by atoms with Gasteiger partial charge in [0.1, 0.15) is 18.2 Å². The molecule has 0 atom stereocenters. The van der Waals surface area contributed by atoms with E-state index in [0.29, 0.717) is 10.8 Å². The molecule has 5 heteroatoms. The van der Waals surface area contributed by atoms with Crippen LogP contribution in [-0.4, -0.2) is 11.1 Å². The summed E-state index contributed by atoms with van der Waals surface area (Å²) in [4.78, 5) is 10.9. The molecule has 3 nitrogen and oxygen atoms in total. The summed E-state index contributed by atoms with van der Waals surface area (Å²) in [6.45, 7) is 3.66. The maximum absolute atomic E-state index is 14.0. The summed E-state index contributed by atoms with van der Waals surface area (Å²) in [6.07, 6.45) is 0. The van der Waals surface area contributed by atoms with E-state index in [2.05, 4.69) is 0 Å². The molecule has 1 N–H and O–H groups in total. The highest BCUT2D eigenvalue weighted by atomic mass is 35.5. The summed E-state index contributed by atoms with van der Waals surface area (Å²) in [7, 11) is 0. The van der Waals surface area contributed by atoms with Crippen LogP contribution in [0.5, 0.6) is 5.75 Å². The second kappa shape index (κ2) is 6.14. The molecule has 0 heterocycles. The summed E-state index contributed by atoms with van der Waals surface area (Å²) in [5.74, 6) is -1.51. The van der Waals surface area contributed by atoms with Crippen molar-refractivity contribution in [2.45, 2.75) is 20.5 Å². The van der Waals surface area contributed by atoms with Crippen LogP contribution in [0.15, 0.2) is 30.3 Å². The van der Waals surface area contributed by atoms with Crippen molar-refractivity contribution >= 4 is 17.6 Å². The fourth-order valence-electron chi connectivity index (χ4n) is 2.01. The van der Waals surface area contributed by atoms with E-state index in [-0.39, 0.29) is 17.7 Å². The smallest absolute Gasteiger partial charge is 0.338 e. The van der Waals surface area contributed by atoms with Crippen LogP contribution in [-0.2, 0) is 6.61 Å². The summed E-state index contributed by atoms with van der Waals surface area (Å²) in [6, 6.07) is 7.72. The second-order valence-electron chi connectivity index (χ2n) is 4.74. The van der Waals surface area contributed by atoms with E-state index >= 15 is 0 Å². The van der Waals surface area contributed by atoms with Crippen molar-refractivity contribution in [2.75, 3.05) is 0 Å². The third-order valence-corrected chi connectivity index (χ3v) is 3.71. The number of benzene rings is 2. The number of aryl methyl sites for hydroxylation is 2. The first-order valence-electron chi connectivity index (χ1n) is 6.30. The quantitative estimate of drug-likeness (QED) is 0.912. The summed E-state index contributed by atoms with van der Waals surface area (Å²) in [5, 5.41) is 9.55. The number of rotatable bonds is 4. The largest absolute Gasteiger partial charge is 0.489 e. The topological polar surface area (TPSA) is 46.5 Å². The molecule has 0 bridgehead atoms. The van der Waals surface area contributed by atoms with Gasteiger partial charge in [0.15, 0.2) is 0 Å². The van der Waals surface area contributed by atoms with Crippen LogP contribution in [0.25, 0.3) is 0 Å². The number of hydrogen-bond donors (Lipinski definition) is 1. The average molecular weight is 309 g/mol. The minimum Gasteiger partial charge on any atom is -0.489 e. The Hall–Kier alpha value is -2.07. The number of carboxylic acids is 1. The molecule has 0 amide bonds. The van der Waals surface area contributed by atoms with Crippen LogP contribution >= 0.6 is 11.6 Å². The van der Waals surface area contributed by atoms with Gasteiger partial charge < -0.3 is 9.84 Å². The highest BCUT2D eigenvalue weighted by molar-refractivity contribution is 6.32. The number of hydrogen-bond acceptors (Lipinski definition) is 2. The van der Waals surface area contributed by atoms with Gasteiger partial charge in [-0.3, -0.25) is 0 Å². The third kappa shape index (κ3) is 3.34. The Morgan fingerprint density at radius 1 is 1.29 bits per heavy atom. The first-order chi connectivity index (χ1) is 9.90. The lowest BCUT2D eigenvalue weighted by Gasteiger charge is -2.11. The number of ether oxygens (including phenoxy) is 1. The molecule has 0 aliphatic rings. The molecule has 0 radical (unpaired) electrons. The fraction of sp³-hybridized carbons (Fsp3) is 0.188. The van der Waals surface area contributed by atoms with E-state index in [1.54, 1.807) is 12.1 Å². The molecule has 0 fully saturated rings. The van der Waals surface area contributed by atoms with Crippen molar-refractivity contribution in [3.05, 3.63) is 63.4 Å². The van der Waals surface area contributed by atoms with E-state index < -0.39 is 11.8 Å². The predicted molar refractivity (Wildman–Crippen MR) is 78.6 cm³/mol. The van der Waals surface area contributed by atoms with Crippen LogP contribution in [0.3, 0.4) is 0 Å². The minimum absolute atomic E-state index is 0.0481. The Morgan fingerprint density at radius 2 is 1.90 bits per heavy atom. The Kier molecular flexibility index (Phi) is 4.48. The van der Waals surface area contributed by atoms with E-state index in [1.165, 1.54) is 18.2 Å². The Bertz CT molecular complexity index is 675. The molecule has 0 saturated carbocycles. The Morgan fingerprint density at radius 3 is 2.48 bits per heavy atom. The molecule has 0 aromatic heterocycles. The molecule has 0 spiro atoms. The van der Waals surface area contributed by atoms with E-state index in [0.717, 1.165) is 11.1 Å². The molecule has 110 valence electrons. The fourth-order valence-corrected chi connectivity index (χ4v) is 2.12. The standard InChI is InChI=1S/C16H14ClFO3/c1-9-6-12(7-10(2)14(9)17)21-8-11-4-3-5-13(15(11)18)16(19)20/h3-7H,8H2,1-2H3,(H,19,20). The molecule has 0 saturated heterocycles. The van der Waals surface area contributed by atoms with Crippen molar-refractivity contribution in [2.24, 2.45) is 0 Å². The first kappa shape index (κ1) is 15.3. The number of halogens is 2. The zero-order valence-corrected chi connectivity index (χ0v) is 12.4. The third-order valence-electron chi connectivity index (χ3n) is 3.11. The molecule has 0 unspecified atom stereocenters. The molecule has 2 aromatic carbocycles. The van der Waals surface area contributed by atoms with Crippen LogP contribution in [0.2, 0.25) is 5.02 Å². The highest BCUT2D eigenvalue weighted by Crippen LogP contribution is 2.26. The molecule has 0 aliphatic carbocycles. The van der Waals surface area contributed by atoms with E-state index in [4.69, 9.17) is 21.4 Å². The Labute approximate surface area is 126 Å². The SMILES string of the molecule is Cc1cc(OCc2cccc(C(=O)O)c2F)cc(C)c1Cl. The maximum Gasteiger partial charge on any atom is 0.338 e. The molecular formula is C16H14ClFO3. The Balaban J connectivity index is 2.21. The lowest BCUT2D eigenvalue weighted by atomic mass is 10.1. The van der Waals surface area contributed by atoms with Gasteiger partial charge in [0, 0.05) is 10.6 Å². The summed E-state index contributed by atoms with van der Waals surface area (Å²) >= 11 is 6.07.